The van der Waals surface area contributed by atoms with Gasteiger partial charge >= 0.3 is 0 Å². The molecule has 0 spiro atoms. The minimum Gasteiger partial charge on any atom is -0.337 e. The quantitative estimate of drug-likeness (QED) is 0.224. The van der Waals surface area contributed by atoms with E-state index in [9.17, 15) is 9.18 Å². The molecule has 7 rings (SSSR count). The van der Waals surface area contributed by atoms with E-state index in [0.717, 1.165) is 47.7 Å². The molecule has 4 heterocycles. The zero-order valence-corrected chi connectivity index (χ0v) is 21.6. The fraction of sp³-hybridized carbons (Fsp3) is 0.194. The zero-order valence-electron chi connectivity index (χ0n) is 21.6. The minimum atomic E-state index is -0.300. The smallest absolute Gasteiger partial charge is 0.227 e. The second kappa shape index (κ2) is 10.00. The van der Waals surface area contributed by atoms with Gasteiger partial charge in [-0.1, -0.05) is 49.6 Å². The second-order valence-electron chi connectivity index (χ2n) is 10.2. The van der Waals surface area contributed by atoms with Gasteiger partial charge in [0, 0.05) is 34.2 Å². The average Bonchev–Trinajstić information content (AvgIpc) is 3.62. The van der Waals surface area contributed by atoms with Crippen molar-refractivity contribution in [1.82, 2.24) is 30.1 Å². The molecule has 0 bridgehead atoms. The van der Waals surface area contributed by atoms with Crippen LogP contribution in [0.4, 0.5) is 10.1 Å². The Morgan fingerprint density at radius 2 is 1.77 bits per heavy atom. The van der Waals surface area contributed by atoms with Crippen LogP contribution in [-0.4, -0.2) is 36.0 Å². The molecule has 1 aliphatic carbocycles. The summed E-state index contributed by atoms with van der Waals surface area (Å²) in [6.45, 7) is 0. The molecule has 0 radical (unpaired) electrons. The van der Waals surface area contributed by atoms with Crippen LogP contribution in [0.5, 0.6) is 0 Å². The molecule has 8 nitrogen and oxygen atoms in total. The van der Waals surface area contributed by atoms with E-state index in [0.29, 0.717) is 39.5 Å². The van der Waals surface area contributed by atoms with Gasteiger partial charge in [-0.25, -0.2) is 9.37 Å². The molecule has 9 heteroatoms. The van der Waals surface area contributed by atoms with Crippen molar-refractivity contribution >= 4 is 33.5 Å². The van der Waals surface area contributed by atoms with Gasteiger partial charge in [0.05, 0.1) is 40.3 Å². The Labute approximate surface area is 229 Å². The maximum atomic E-state index is 14.6. The number of nitrogens with one attached hydrogen (secondary N) is 3. The maximum Gasteiger partial charge on any atom is 0.227 e. The van der Waals surface area contributed by atoms with Crippen LogP contribution in [0, 0.1) is 11.7 Å². The number of carbonyl (C=O) groups is 1. The summed E-state index contributed by atoms with van der Waals surface area (Å²) in [5.74, 6) is 0.377. The van der Waals surface area contributed by atoms with Crippen molar-refractivity contribution < 1.29 is 9.18 Å². The Morgan fingerprint density at radius 3 is 2.65 bits per heavy atom. The lowest BCUT2D eigenvalue weighted by molar-refractivity contribution is -0.120. The lowest BCUT2D eigenvalue weighted by Crippen LogP contribution is -2.24. The number of benzene rings is 2. The first-order valence-electron chi connectivity index (χ1n) is 13.5. The fourth-order valence-electron chi connectivity index (χ4n) is 5.55. The van der Waals surface area contributed by atoms with Gasteiger partial charge in [-0.3, -0.25) is 19.9 Å². The van der Waals surface area contributed by atoms with E-state index in [2.05, 4.69) is 30.5 Å². The number of hydrogen-bond donors (Lipinski definition) is 3. The number of hydrogen-bond acceptors (Lipinski definition) is 5. The highest BCUT2D eigenvalue weighted by Gasteiger charge is 2.22. The Kier molecular flexibility index (Phi) is 6.03. The van der Waals surface area contributed by atoms with E-state index in [1.165, 1.54) is 12.5 Å². The molecule has 1 aliphatic rings. The zero-order chi connectivity index (χ0) is 27.1. The normalized spacial score (nSPS) is 14.1. The summed E-state index contributed by atoms with van der Waals surface area (Å²) >= 11 is 0. The highest BCUT2D eigenvalue weighted by atomic mass is 19.1. The first-order chi connectivity index (χ1) is 19.6. The summed E-state index contributed by atoms with van der Waals surface area (Å²) in [5.41, 5.74) is 6.16. The van der Waals surface area contributed by atoms with Gasteiger partial charge in [-0.05, 0) is 37.1 Å². The Hall–Kier alpha value is -4.92. The van der Waals surface area contributed by atoms with Crippen molar-refractivity contribution in [3.05, 3.63) is 79.0 Å². The number of H-pyrrole nitrogens is 2. The number of aromatic nitrogens is 6. The highest BCUT2D eigenvalue weighted by Crippen LogP contribution is 2.33. The molecule has 2 aromatic carbocycles. The molecule has 0 atom stereocenters. The van der Waals surface area contributed by atoms with E-state index in [-0.39, 0.29) is 17.6 Å². The molecule has 4 aromatic heterocycles. The molecule has 198 valence electrons. The number of imidazole rings is 1. The van der Waals surface area contributed by atoms with Crippen molar-refractivity contribution in [2.24, 2.45) is 5.92 Å². The van der Waals surface area contributed by atoms with Crippen LogP contribution < -0.4 is 5.32 Å². The van der Waals surface area contributed by atoms with Crippen LogP contribution in [0.2, 0.25) is 0 Å². The molecule has 6 aromatic rings. The van der Waals surface area contributed by atoms with Crippen LogP contribution in [-0.2, 0) is 4.79 Å². The standard InChI is InChI=1S/C31H26FN7O/c32-24-11-5-4-9-21(24)22-10-6-12-25-28(22)37-30(36-25)29-23-14-26(34-17-27(23)38-39-29)19-13-20(16-33-15-19)35-31(40)18-7-2-1-3-8-18/h4-6,9-18H,1-3,7-8H2,(H,35,40)(H,36,37)(H,38,39). The number of para-hydroxylation sites is 1. The monoisotopic (exact) mass is 531 g/mol. The number of rotatable bonds is 5. The largest absolute Gasteiger partial charge is 0.337 e. The summed E-state index contributed by atoms with van der Waals surface area (Å²) in [7, 11) is 0. The van der Waals surface area contributed by atoms with Crippen molar-refractivity contribution in [1.29, 1.82) is 0 Å². The van der Waals surface area contributed by atoms with Gasteiger partial charge in [0.2, 0.25) is 5.91 Å². The highest BCUT2D eigenvalue weighted by molar-refractivity contribution is 5.98. The summed E-state index contributed by atoms with van der Waals surface area (Å²) in [4.78, 5) is 29.9. The number of aromatic amines is 2. The molecular weight excluding hydrogens is 505 g/mol. The van der Waals surface area contributed by atoms with Crippen molar-refractivity contribution in [3.63, 3.8) is 0 Å². The predicted molar refractivity (Wildman–Crippen MR) is 153 cm³/mol. The van der Waals surface area contributed by atoms with Gasteiger partial charge in [-0.15, -0.1) is 0 Å². The van der Waals surface area contributed by atoms with E-state index in [4.69, 9.17) is 4.98 Å². The van der Waals surface area contributed by atoms with E-state index in [1.807, 2.05) is 36.4 Å². The van der Waals surface area contributed by atoms with Gasteiger partial charge in [0.15, 0.2) is 5.82 Å². The van der Waals surface area contributed by atoms with Gasteiger partial charge in [-0.2, -0.15) is 5.10 Å². The van der Waals surface area contributed by atoms with E-state index >= 15 is 0 Å². The summed E-state index contributed by atoms with van der Waals surface area (Å²) in [6, 6.07) is 16.2. The molecule has 40 heavy (non-hydrogen) atoms. The van der Waals surface area contributed by atoms with Gasteiger partial charge in [0.25, 0.3) is 0 Å². The molecule has 1 amide bonds. The minimum absolute atomic E-state index is 0.0545. The maximum absolute atomic E-state index is 14.6. The van der Waals surface area contributed by atoms with Crippen LogP contribution in [0.1, 0.15) is 32.1 Å². The third-order valence-electron chi connectivity index (χ3n) is 7.63. The fourth-order valence-corrected chi connectivity index (χ4v) is 5.55. The summed E-state index contributed by atoms with van der Waals surface area (Å²) < 4.78 is 14.6. The number of pyridine rings is 2. The lowest BCUT2D eigenvalue weighted by Gasteiger charge is -2.20. The first-order valence-corrected chi connectivity index (χ1v) is 13.5. The molecule has 1 saturated carbocycles. The number of carbonyl (C=O) groups excluding carboxylic acids is 1. The Bertz CT molecular complexity index is 1870. The van der Waals surface area contributed by atoms with Crippen LogP contribution in [0.25, 0.3) is 55.8 Å². The van der Waals surface area contributed by atoms with Gasteiger partial charge in [0.1, 0.15) is 11.5 Å². The van der Waals surface area contributed by atoms with Crippen LogP contribution in [0.15, 0.2) is 73.2 Å². The Balaban J connectivity index is 1.23. The van der Waals surface area contributed by atoms with Crippen molar-refractivity contribution in [2.45, 2.75) is 32.1 Å². The number of nitrogens with zero attached hydrogens (tertiary/aromatic N) is 4. The van der Waals surface area contributed by atoms with Crippen molar-refractivity contribution in [2.75, 3.05) is 5.32 Å². The molecular formula is C31H26FN7O. The van der Waals surface area contributed by atoms with Crippen molar-refractivity contribution in [3.8, 4) is 33.9 Å². The lowest BCUT2D eigenvalue weighted by atomic mass is 9.88. The first kappa shape index (κ1) is 24.1. The number of anilines is 1. The summed E-state index contributed by atoms with van der Waals surface area (Å²) in [5, 5.41) is 11.4. The molecule has 1 fully saturated rings. The molecule has 0 unspecified atom stereocenters. The SMILES string of the molecule is O=C(Nc1cncc(-c2cc3c(-c4nc5c(-c6ccccc6F)cccc5[nH]4)n[nH]c3cn2)c1)C1CCCCC1. The molecule has 3 N–H and O–H groups in total. The second-order valence-corrected chi connectivity index (χ2v) is 10.2. The van der Waals surface area contributed by atoms with E-state index in [1.54, 1.807) is 30.7 Å². The van der Waals surface area contributed by atoms with Gasteiger partial charge < -0.3 is 10.3 Å². The molecule has 0 saturated heterocycles. The van der Waals surface area contributed by atoms with E-state index < -0.39 is 0 Å². The number of halogens is 1. The summed E-state index contributed by atoms with van der Waals surface area (Å²) in [6.07, 6.45) is 10.4. The number of fused-ring (bicyclic) bond motifs is 2. The van der Waals surface area contributed by atoms with Crippen LogP contribution in [0.3, 0.4) is 0 Å². The molecule has 0 aliphatic heterocycles. The number of amides is 1. The Morgan fingerprint density at radius 1 is 0.925 bits per heavy atom. The third kappa shape index (κ3) is 4.39. The predicted octanol–water partition coefficient (Wildman–Crippen LogP) is 6.89. The van der Waals surface area contributed by atoms with Crippen LogP contribution >= 0.6 is 0 Å². The third-order valence-corrected chi connectivity index (χ3v) is 7.63. The topological polar surface area (TPSA) is 112 Å². The average molecular weight is 532 g/mol.